The van der Waals surface area contributed by atoms with Crippen molar-refractivity contribution in [1.29, 1.82) is 0 Å². The van der Waals surface area contributed by atoms with E-state index in [9.17, 15) is 4.79 Å². The van der Waals surface area contributed by atoms with Gasteiger partial charge in [-0.25, -0.2) is 4.79 Å². The van der Waals surface area contributed by atoms with Crippen LogP contribution in [0, 0.1) is 11.3 Å². The highest BCUT2D eigenvalue weighted by molar-refractivity contribution is 5.69. The van der Waals surface area contributed by atoms with Gasteiger partial charge in [-0.2, -0.15) is 0 Å². The van der Waals surface area contributed by atoms with E-state index in [4.69, 9.17) is 4.74 Å². The van der Waals surface area contributed by atoms with Crippen LogP contribution in [-0.2, 0) is 4.74 Å². The molecule has 0 aromatic heterocycles. The van der Waals surface area contributed by atoms with Gasteiger partial charge in [0.05, 0.1) is 6.54 Å². The Morgan fingerprint density at radius 1 is 1.21 bits per heavy atom. The van der Waals surface area contributed by atoms with Gasteiger partial charge in [0.1, 0.15) is 6.61 Å². The van der Waals surface area contributed by atoms with Crippen molar-refractivity contribution in [3.8, 4) is 0 Å². The highest BCUT2D eigenvalue weighted by Gasteiger charge is 2.43. The Bertz CT molecular complexity index is 320. The Morgan fingerprint density at radius 2 is 1.95 bits per heavy atom. The molecule has 0 aromatic rings. The summed E-state index contributed by atoms with van der Waals surface area (Å²) in [6, 6.07) is 0. The number of hydrogen-bond donors (Lipinski definition) is 1. The molecule has 1 aliphatic carbocycles. The van der Waals surface area contributed by atoms with Gasteiger partial charge in [-0.15, -0.1) is 0 Å². The first-order chi connectivity index (χ1) is 9.30. The topological polar surface area (TPSA) is 41.6 Å². The molecule has 1 amide bonds. The van der Waals surface area contributed by atoms with Crippen molar-refractivity contribution >= 4 is 6.09 Å². The van der Waals surface area contributed by atoms with E-state index < -0.39 is 0 Å². The summed E-state index contributed by atoms with van der Waals surface area (Å²) in [5, 5.41) is 3.48. The molecular weight excluding hydrogens is 240 g/mol. The van der Waals surface area contributed by atoms with Gasteiger partial charge in [-0.3, -0.25) is 0 Å². The van der Waals surface area contributed by atoms with Crippen molar-refractivity contribution in [3.05, 3.63) is 0 Å². The average molecular weight is 266 g/mol. The maximum absolute atomic E-state index is 11.8. The van der Waals surface area contributed by atoms with Gasteiger partial charge in [-0.1, -0.05) is 19.3 Å². The van der Waals surface area contributed by atoms with Gasteiger partial charge in [-0.05, 0) is 50.1 Å². The fourth-order valence-electron chi connectivity index (χ4n) is 4.28. The molecule has 0 bridgehead atoms. The van der Waals surface area contributed by atoms with Gasteiger partial charge in [0, 0.05) is 6.54 Å². The Hall–Kier alpha value is -0.770. The number of carbonyl (C=O) groups excluding carboxylic acids is 1. The average Bonchev–Trinajstić information content (AvgIpc) is 2.86. The molecule has 0 radical (unpaired) electrons. The van der Waals surface area contributed by atoms with Crippen LogP contribution in [0.3, 0.4) is 0 Å². The summed E-state index contributed by atoms with van der Waals surface area (Å²) in [7, 11) is 0. The van der Waals surface area contributed by atoms with E-state index in [1.165, 1.54) is 44.9 Å². The summed E-state index contributed by atoms with van der Waals surface area (Å²) in [5.41, 5.74) is 0.356. The van der Waals surface area contributed by atoms with Crippen LogP contribution in [0.4, 0.5) is 4.79 Å². The number of hydrogen-bond acceptors (Lipinski definition) is 3. The third-order valence-electron chi connectivity index (χ3n) is 5.42. The first-order valence-corrected chi connectivity index (χ1v) is 7.93. The number of rotatable bonds is 3. The summed E-state index contributed by atoms with van der Waals surface area (Å²) in [6.45, 7) is 4.52. The summed E-state index contributed by atoms with van der Waals surface area (Å²) < 4.78 is 5.11. The molecule has 2 saturated heterocycles. The van der Waals surface area contributed by atoms with Crippen molar-refractivity contribution in [2.75, 3.05) is 32.8 Å². The molecule has 3 fully saturated rings. The second kappa shape index (κ2) is 5.70. The molecule has 1 N–H and O–H groups in total. The summed E-state index contributed by atoms with van der Waals surface area (Å²) in [6.07, 6.45) is 9.24. The van der Waals surface area contributed by atoms with Gasteiger partial charge in [0.25, 0.3) is 0 Å². The van der Waals surface area contributed by atoms with Crippen LogP contribution in [-0.4, -0.2) is 43.8 Å². The minimum atomic E-state index is -0.0892. The predicted molar refractivity (Wildman–Crippen MR) is 74.0 cm³/mol. The van der Waals surface area contributed by atoms with Gasteiger partial charge >= 0.3 is 6.09 Å². The molecule has 0 spiro atoms. The van der Waals surface area contributed by atoms with Crippen LogP contribution < -0.4 is 5.32 Å². The number of ether oxygens (including phenoxy) is 1. The van der Waals surface area contributed by atoms with E-state index in [-0.39, 0.29) is 6.09 Å². The molecule has 1 saturated carbocycles. The largest absolute Gasteiger partial charge is 0.448 e. The fourth-order valence-corrected chi connectivity index (χ4v) is 4.28. The molecule has 2 aliphatic heterocycles. The second-order valence-corrected chi connectivity index (χ2v) is 6.48. The molecule has 0 aromatic carbocycles. The van der Waals surface area contributed by atoms with E-state index >= 15 is 0 Å². The number of carbonyl (C=O) groups is 1. The summed E-state index contributed by atoms with van der Waals surface area (Å²) >= 11 is 0. The van der Waals surface area contributed by atoms with Crippen molar-refractivity contribution in [2.24, 2.45) is 11.3 Å². The van der Waals surface area contributed by atoms with Crippen molar-refractivity contribution in [2.45, 2.75) is 44.9 Å². The first kappa shape index (κ1) is 13.2. The smallest absolute Gasteiger partial charge is 0.409 e. The van der Waals surface area contributed by atoms with Gasteiger partial charge < -0.3 is 15.0 Å². The molecular formula is C15H26N2O2. The van der Waals surface area contributed by atoms with Crippen LogP contribution in [0.25, 0.3) is 0 Å². The SMILES string of the molecule is O=C1OCCN1CC1(C2CCCCC2)CCNCC1. The quantitative estimate of drug-likeness (QED) is 0.853. The van der Waals surface area contributed by atoms with E-state index in [1.54, 1.807) is 0 Å². The van der Waals surface area contributed by atoms with Crippen molar-refractivity contribution in [3.63, 3.8) is 0 Å². The maximum Gasteiger partial charge on any atom is 0.409 e. The Balaban J connectivity index is 1.73. The van der Waals surface area contributed by atoms with Gasteiger partial charge in [0.15, 0.2) is 0 Å². The highest BCUT2D eigenvalue weighted by atomic mass is 16.6. The molecule has 0 unspecified atom stereocenters. The van der Waals surface area contributed by atoms with Crippen LogP contribution in [0.15, 0.2) is 0 Å². The van der Waals surface area contributed by atoms with Crippen LogP contribution in [0.2, 0.25) is 0 Å². The zero-order valence-electron chi connectivity index (χ0n) is 11.8. The third-order valence-corrected chi connectivity index (χ3v) is 5.42. The minimum Gasteiger partial charge on any atom is -0.448 e. The number of cyclic esters (lactones) is 1. The lowest BCUT2D eigenvalue weighted by Gasteiger charge is -2.47. The van der Waals surface area contributed by atoms with E-state index in [2.05, 4.69) is 5.32 Å². The Morgan fingerprint density at radius 3 is 2.58 bits per heavy atom. The predicted octanol–water partition coefficient (Wildman–Crippen LogP) is 2.39. The summed E-state index contributed by atoms with van der Waals surface area (Å²) in [5.74, 6) is 0.816. The molecule has 4 heteroatoms. The third kappa shape index (κ3) is 2.73. The van der Waals surface area contributed by atoms with Crippen LogP contribution >= 0.6 is 0 Å². The molecule has 19 heavy (non-hydrogen) atoms. The lowest BCUT2D eigenvalue weighted by Crippen LogP contribution is -2.49. The van der Waals surface area contributed by atoms with Crippen molar-refractivity contribution < 1.29 is 9.53 Å². The molecule has 3 aliphatic rings. The second-order valence-electron chi connectivity index (χ2n) is 6.48. The number of piperidine rings is 1. The number of amides is 1. The minimum absolute atomic E-state index is 0.0892. The van der Waals surface area contributed by atoms with Crippen LogP contribution in [0.5, 0.6) is 0 Å². The fraction of sp³-hybridized carbons (Fsp3) is 0.933. The Kier molecular flexibility index (Phi) is 3.96. The molecule has 4 nitrogen and oxygen atoms in total. The van der Waals surface area contributed by atoms with Gasteiger partial charge in [0.2, 0.25) is 0 Å². The zero-order chi connectivity index (χ0) is 13.1. The number of nitrogens with one attached hydrogen (secondary N) is 1. The van der Waals surface area contributed by atoms with Crippen LogP contribution in [0.1, 0.15) is 44.9 Å². The lowest BCUT2D eigenvalue weighted by molar-refractivity contribution is 0.0440. The summed E-state index contributed by atoms with van der Waals surface area (Å²) in [4.78, 5) is 13.7. The van der Waals surface area contributed by atoms with E-state index in [1.807, 2.05) is 4.90 Å². The first-order valence-electron chi connectivity index (χ1n) is 7.93. The lowest BCUT2D eigenvalue weighted by atomic mass is 9.64. The standard InChI is InChI=1S/C15H26N2O2/c18-14-17(10-11-19-14)12-15(6-8-16-9-7-15)13-4-2-1-3-5-13/h13,16H,1-12H2. The Labute approximate surface area is 115 Å². The molecule has 2 heterocycles. The van der Waals surface area contributed by atoms with Crippen molar-refractivity contribution in [1.82, 2.24) is 10.2 Å². The maximum atomic E-state index is 11.8. The molecule has 3 rings (SSSR count). The normalized spacial score (nSPS) is 28.4. The van der Waals surface area contributed by atoms with E-state index in [0.29, 0.717) is 12.0 Å². The number of nitrogens with zero attached hydrogens (tertiary/aromatic N) is 1. The zero-order valence-corrected chi connectivity index (χ0v) is 11.8. The van der Waals surface area contributed by atoms with E-state index in [0.717, 1.165) is 32.1 Å². The molecule has 0 atom stereocenters. The highest BCUT2D eigenvalue weighted by Crippen LogP contribution is 2.45. The monoisotopic (exact) mass is 266 g/mol. The molecule has 108 valence electrons.